The highest BCUT2D eigenvalue weighted by molar-refractivity contribution is 5.85. The second-order valence-corrected chi connectivity index (χ2v) is 5.22. The molecule has 7 heteroatoms. The van der Waals surface area contributed by atoms with Crippen molar-refractivity contribution in [2.24, 2.45) is 5.92 Å². The lowest BCUT2D eigenvalue weighted by Gasteiger charge is -2.23. The molecular formula is C13H23ClF3NO2. The molecule has 0 saturated heterocycles. The van der Waals surface area contributed by atoms with Gasteiger partial charge < -0.3 is 10.4 Å². The predicted octanol–water partition coefficient (Wildman–Crippen LogP) is 3.76. The minimum atomic E-state index is -4.64. The normalized spacial score (nSPS) is 18.4. The Balaban J connectivity index is 0.00000361. The Kier molecular flexibility index (Phi) is 9.22. The number of carboxylic acid groups (broad SMARTS) is 1. The first kappa shape index (κ1) is 19.5. The van der Waals surface area contributed by atoms with Crippen LogP contribution in [0.4, 0.5) is 13.2 Å². The number of alkyl halides is 3. The van der Waals surface area contributed by atoms with E-state index in [1.165, 1.54) is 19.3 Å². The number of unbranched alkanes of at least 4 members (excludes halogenated alkanes) is 1. The smallest absolute Gasteiger partial charge is 0.402 e. The first-order chi connectivity index (χ1) is 8.91. The molecule has 1 atom stereocenters. The molecule has 0 aliphatic heterocycles. The average Bonchev–Trinajstić information content (AvgIpc) is 2.32. The van der Waals surface area contributed by atoms with Crippen molar-refractivity contribution in [3.05, 3.63) is 0 Å². The van der Waals surface area contributed by atoms with E-state index in [4.69, 9.17) is 5.11 Å². The van der Waals surface area contributed by atoms with Gasteiger partial charge in [-0.05, 0) is 32.2 Å². The van der Waals surface area contributed by atoms with Crippen molar-refractivity contribution in [3.8, 4) is 0 Å². The van der Waals surface area contributed by atoms with Crippen molar-refractivity contribution in [3.63, 3.8) is 0 Å². The molecule has 0 radical (unpaired) electrons. The van der Waals surface area contributed by atoms with Gasteiger partial charge in [0.2, 0.25) is 0 Å². The minimum absolute atomic E-state index is 0. The zero-order valence-electron chi connectivity index (χ0n) is 11.4. The molecule has 0 aromatic heterocycles. The van der Waals surface area contributed by atoms with Crippen LogP contribution >= 0.6 is 12.4 Å². The molecule has 1 unspecified atom stereocenters. The van der Waals surface area contributed by atoms with E-state index in [-0.39, 0.29) is 25.2 Å². The topological polar surface area (TPSA) is 49.3 Å². The lowest BCUT2D eigenvalue weighted by atomic mass is 9.95. The maximum absolute atomic E-state index is 12.4. The zero-order valence-corrected chi connectivity index (χ0v) is 12.2. The number of hydrogen-bond acceptors (Lipinski definition) is 2. The summed E-state index contributed by atoms with van der Waals surface area (Å²) in [5.41, 5.74) is 0. The summed E-state index contributed by atoms with van der Waals surface area (Å²) in [6, 6.07) is 0.492. The predicted molar refractivity (Wildman–Crippen MR) is 73.2 cm³/mol. The molecule has 20 heavy (non-hydrogen) atoms. The Morgan fingerprint density at radius 3 is 2.30 bits per heavy atom. The van der Waals surface area contributed by atoms with Gasteiger partial charge in [-0.2, -0.15) is 13.2 Å². The fourth-order valence-corrected chi connectivity index (χ4v) is 2.51. The first-order valence-electron chi connectivity index (χ1n) is 6.94. The standard InChI is InChI=1S/C13H22F3NO2.ClH/c14-13(15,16)11(12(18)19)8-4-5-9-17-10-6-2-1-3-7-10;/h10-11,17H,1-9H2,(H,18,19);1H. The Bertz CT molecular complexity index is 281. The second kappa shape index (κ2) is 9.45. The molecule has 1 aliphatic rings. The number of carbonyl (C=O) groups is 1. The Morgan fingerprint density at radius 1 is 1.20 bits per heavy atom. The molecule has 0 aromatic rings. The number of aliphatic carboxylic acids is 1. The summed E-state index contributed by atoms with van der Waals surface area (Å²) in [5.74, 6) is -3.99. The summed E-state index contributed by atoms with van der Waals surface area (Å²) in [4.78, 5) is 10.5. The van der Waals surface area contributed by atoms with E-state index in [9.17, 15) is 18.0 Å². The fraction of sp³-hybridized carbons (Fsp3) is 0.923. The molecule has 1 rings (SSSR count). The summed E-state index contributed by atoms with van der Waals surface area (Å²) in [6.07, 6.45) is 1.89. The Morgan fingerprint density at radius 2 is 1.80 bits per heavy atom. The number of rotatable bonds is 7. The van der Waals surface area contributed by atoms with Crippen molar-refractivity contribution in [1.29, 1.82) is 0 Å². The second-order valence-electron chi connectivity index (χ2n) is 5.22. The van der Waals surface area contributed by atoms with Crippen LogP contribution in [0.5, 0.6) is 0 Å². The van der Waals surface area contributed by atoms with Gasteiger partial charge in [0, 0.05) is 6.04 Å². The van der Waals surface area contributed by atoms with Gasteiger partial charge in [0.15, 0.2) is 5.92 Å². The van der Waals surface area contributed by atoms with Gasteiger partial charge in [0.1, 0.15) is 0 Å². The van der Waals surface area contributed by atoms with Crippen LogP contribution in [0.1, 0.15) is 51.4 Å². The minimum Gasteiger partial charge on any atom is -0.481 e. The highest BCUT2D eigenvalue weighted by atomic mass is 35.5. The van der Waals surface area contributed by atoms with Crippen LogP contribution in [0.25, 0.3) is 0 Å². The van der Waals surface area contributed by atoms with Crippen molar-refractivity contribution >= 4 is 18.4 Å². The third kappa shape index (κ3) is 7.33. The molecule has 1 aliphatic carbocycles. The van der Waals surface area contributed by atoms with Crippen molar-refractivity contribution < 1.29 is 23.1 Å². The number of halogens is 4. The summed E-state index contributed by atoms with van der Waals surface area (Å²) in [5, 5.41) is 11.9. The molecule has 0 heterocycles. The van der Waals surface area contributed by atoms with Crippen LogP contribution in [0.3, 0.4) is 0 Å². The first-order valence-corrected chi connectivity index (χ1v) is 6.94. The van der Waals surface area contributed by atoms with E-state index in [0.717, 1.165) is 12.8 Å². The van der Waals surface area contributed by atoms with Gasteiger partial charge in [-0.15, -0.1) is 12.4 Å². The highest BCUT2D eigenvalue weighted by Crippen LogP contribution is 2.30. The molecule has 0 amide bonds. The molecule has 1 saturated carbocycles. The molecule has 1 fully saturated rings. The average molecular weight is 318 g/mol. The van der Waals surface area contributed by atoms with Gasteiger partial charge >= 0.3 is 12.1 Å². The molecule has 0 spiro atoms. The van der Waals surface area contributed by atoms with Crippen molar-refractivity contribution in [2.75, 3.05) is 6.54 Å². The summed E-state index contributed by atoms with van der Waals surface area (Å²) < 4.78 is 37.1. The van der Waals surface area contributed by atoms with Crippen LogP contribution in [-0.2, 0) is 4.79 Å². The lowest BCUT2D eigenvalue weighted by molar-refractivity contribution is -0.194. The maximum Gasteiger partial charge on any atom is 0.402 e. The fourth-order valence-electron chi connectivity index (χ4n) is 2.51. The SMILES string of the molecule is Cl.O=C(O)C(CCCCNC1CCCCC1)C(F)(F)F. The maximum atomic E-state index is 12.4. The van der Waals surface area contributed by atoms with Crippen molar-refractivity contribution in [1.82, 2.24) is 5.32 Å². The van der Waals surface area contributed by atoms with Gasteiger partial charge in [-0.1, -0.05) is 25.7 Å². The van der Waals surface area contributed by atoms with E-state index in [1.54, 1.807) is 0 Å². The van der Waals surface area contributed by atoms with Crippen LogP contribution < -0.4 is 5.32 Å². The number of nitrogens with one attached hydrogen (secondary N) is 1. The van der Waals surface area contributed by atoms with Crippen molar-refractivity contribution in [2.45, 2.75) is 63.6 Å². The van der Waals surface area contributed by atoms with Gasteiger partial charge in [0.25, 0.3) is 0 Å². The number of hydrogen-bond donors (Lipinski definition) is 2. The molecule has 0 bridgehead atoms. The third-order valence-corrected chi connectivity index (χ3v) is 3.65. The van der Waals surface area contributed by atoms with E-state index >= 15 is 0 Å². The van der Waals surface area contributed by atoms with E-state index in [1.807, 2.05) is 0 Å². The molecule has 2 N–H and O–H groups in total. The highest BCUT2D eigenvalue weighted by Gasteiger charge is 2.44. The zero-order chi connectivity index (χ0) is 14.3. The largest absolute Gasteiger partial charge is 0.481 e. The van der Waals surface area contributed by atoms with Gasteiger partial charge in [0.05, 0.1) is 0 Å². The van der Waals surface area contributed by atoms with E-state index < -0.39 is 18.1 Å². The number of carboxylic acids is 1. The molecule has 3 nitrogen and oxygen atoms in total. The van der Waals surface area contributed by atoms with Crippen LogP contribution in [0.2, 0.25) is 0 Å². The summed E-state index contributed by atoms with van der Waals surface area (Å²) in [6.45, 7) is 0.675. The van der Waals surface area contributed by atoms with Crippen LogP contribution in [-0.4, -0.2) is 29.8 Å². The lowest BCUT2D eigenvalue weighted by Crippen LogP contribution is -2.32. The van der Waals surface area contributed by atoms with Crippen LogP contribution in [0.15, 0.2) is 0 Å². The molecule has 0 aromatic carbocycles. The molecular weight excluding hydrogens is 295 g/mol. The Hall–Kier alpha value is -0.490. The quantitative estimate of drug-likeness (QED) is 0.703. The van der Waals surface area contributed by atoms with Gasteiger partial charge in [-0.25, -0.2) is 0 Å². The van der Waals surface area contributed by atoms with Gasteiger partial charge in [-0.3, -0.25) is 4.79 Å². The molecule has 120 valence electrons. The summed E-state index contributed by atoms with van der Waals surface area (Å²) >= 11 is 0. The third-order valence-electron chi connectivity index (χ3n) is 3.65. The Labute approximate surface area is 123 Å². The van der Waals surface area contributed by atoms with Crippen LogP contribution in [0, 0.1) is 5.92 Å². The van der Waals surface area contributed by atoms with E-state index in [0.29, 0.717) is 19.0 Å². The summed E-state index contributed by atoms with van der Waals surface area (Å²) in [7, 11) is 0. The van der Waals surface area contributed by atoms with E-state index in [2.05, 4.69) is 5.32 Å². The monoisotopic (exact) mass is 317 g/mol.